The van der Waals surface area contributed by atoms with Crippen LogP contribution in [-0.2, 0) is 4.74 Å². The summed E-state index contributed by atoms with van der Waals surface area (Å²) in [6, 6.07) is 0. The molecule has 1 heteroatoms. The van der Waals surface area contributed by atoms with E-state index >= 15 is 0 Å². The van der Waals surface area contributed by atoms with Crippen molar-refractivity contribution >= 4 is 0 Å². The van der Waals surface area contributed by atoms with Gasteiger partial charge in [-0.15, -0.1) is 0 Å². The number of rotatable bonds is 0. The molecule has 4 atom stereocenters. The first-order chi connectivity index (χ1) is 8.27. The Labute approximate surface area is 108 Å². The molecule has 4 unspecified atom stereocenters. The smallest absolute Gasteiger partial charge is 0.0841 e. The highest BCUT2D eigenvalue weighted by atomic mass is 16.6. The summed E-state index contributed by atoms with van der Waals surface area (Å²) in [7, 11) is 0. The fourth-order valence-corrected chi connectivity index (χ4v) is 2.88. The molecule has 0 bridgehead atoms. The molecule has 3 aliphatic rings. The molecule has 1 aliphatic heterocycles. The highest BCUT2D eigenvalue weighted by molar-refractivity contribution is 4.87. The van der Waals surface area contributed by atoms with Crippen molar-refractivity contribution in [1.82, 2.24) is 0 Å². The normalized spacial score (nSPS) is 38.8. The van der Waals surface area contributed by atoms with Gasteiger partial charge in [0.05, 0.1) is 12.2 Å². The fourth-order valence-electron chi connectivity index (χ4n) is 2.88. The number of epoxide rings is 1. The van der Waals surface area contributed by atoms with Gasteiger partial charge in [-0.2, -0.15) is 0 Å². The summed E-state index contributed by atoms with van der Waals surface area (Å²) in [5, 5.41) is 0. The zero-order valence-corrected chi connectivity index (χ0v) is 12.4. The van der Waals surface area contributed by atoms with Gasteiger partial charge in [0.2, 0.25) is 0 Å². The van der Waals surface area contributed by atoms with Gasteiger partial charge >= 0.3 is 0 Å². The second-order valence-corrected chi connectivity index (χ2v) is 5.74. The Hall–Kier alpha value is -0.0400. The van der Waals surface area contributed by atoms with Crippen molar-refractivity contribution in [2.24, 2.45) is 11.8 Å². The average Bonchev–Trinajstić information content (AvgIpc) is 3.15. The third-order valence-corrected chi connectivity index (χ3v) is 4.46. The molecule has 0 amide bonds. The third kappa shape index (κ3) is 5.42. The zero-order valence-electron chi connectivity index (χ0n) is 12.4. The van der Waals surface area contributed by atoms with Gasteiger partial charge in [0, 0.05) is 0 Å². The first kappa shape index (κ1) is 15.0. The Morgan fingerprint density at radius 3 is 1.29 bits per heavy atom. The van der Waals surface area contributed by atoms with Crippen LogP contribution in [0.5, 0.6) is 0 Å². The Bertz CT molecular complexity index is 170. The van der Waals surface area contributed by atoms with Gasteiger partial charge in [0.25, 0.3) is 0 Å². The molecule has 3 rings (SSSR count). The minimum absolute atomic E-state index is 0.703. The van der Waals surface area contributed by atoms with Gasteiger partial charge in [0.15, 0.2) is 0 Å². The Morgan fingerprint density at radius 2 is 1.00 bits per heavy atom. The van der Waals surface area contributed by atoms with Crippen LogP contribution in [0.4, 0.5) is 0 Å². The molecule has 0 aromatic carbocycles. The summed E-state index contributed by atoms with van der Waals surface area (Å²) in [4.78, 5) is 0. The molecule has 0 aromatic rings. The number of fused-ring (bicyclic) bond motifs is 1. The molecule has 102 valence electrons. The van der Waals surface area contributed by atoms with E-state index in [1.807, 2.05) is 13.8 Å². The fraction of sp³-hybridized carbons (Fsp3) is 1.00. The number of ether oxygens (including phenoxy) is 1. The van der Waals surface area contributed by atoms with Crippen molar-refractivity contribution in [2.45, 2.75) is 91.3 Å². The monoisotopic (exact) mass is 240 g/mol. The molecular weight excluding hydrogens is 208 g/mol. The van der Waals surface area contributed by atoms with Crippen molar-refractivity contribution < 1.29 is 4.74 Å². The minimum Gasteiger partial charge on any atom is -0.370 e. The second-order valence-electron chi connectivity index (χ2n) is 5.74. The molecule has 0 spiro atoms. The summed E-state index contributed by atoms with van der Waals surface area (Å²) in [6.45, 7) is 8.76. The van der Waals surface area contributed by atoms with E-state index in [4.69, 9.17) is 4.74 Å². The highest BCUT2D eigenvalue weighted by Gasteiger charge is 2.39. The van der Waals surface area contributed by atoms with Crippen LogP contribution in [0.1, 0.15) is 79.1 Å². The number of hydrogen-bond donors (Lipinski definition) is 0. The summed E-state index contributed by atoms with van der Waals surface area (Å²) < 4.78 is 5.28. The lowest BCUT2D eigenvalue weighted by Crippen LogP contribution is -2.12. The average molecular weight is 240 g/mol. The minimum atomic E-state index is 0.703. The topological polar surface area (TPSA) is 12.5 Å². The lowest BCUT2D eigenvalue weighted by molar-refractivity contribution is 0.277. The molecule has 1 nitrogen and oxygen atoms in total. The summed E-state index contributed by atoms with van der Waals surface area (Å²) in [5.74, 6) is 2.01. The zero-order chi connectivity index (χ0) is 12.7. The van der Waals surface area contributed by atoms with E-state index in [9.17, 15) is 0 Å². The molecule has 1 saturated heterocycles. The largest absolute Gasteiger partial charge is 0.370 e. The van der Waals surface area contributed by atoms with E-state index in [1.165, 1.54) is 51.4 Å². The first-order valence-electron chi connectivity index (χ1n) is 7.93. The van der Waals surface area contributed by atoms with E-state index in [1.54, 1.807) is 0 Å². The maximum Gasteiger partial charge on any atom is 0.0841 e. The summed E-state index contributed by atoms with van der Waals surface area (Å²) in [5.41, 5.74) is 0. The Kier molecular flexibility index (Phi) is 7.18. The predicted octanol–water partition coefficient (Wildman–Crippen LogP) is 5.19. The van der Waals surface area contributed by atoms with Crippen molar-refractivity contribution in [1.29, 1.82) is 0 Å². The molecule has 17 heavy (non-hydrogen) atoms. The van der Waals surface area contributed by atoms with E-state index < -0.39 is 0 Å². The molecule has 0 N–H and O–H groups in total. The maximum atomic E-state index is 5.28. The standard InChI is InChI=1S/C8H16.C6H10O.C2H6/c1-7-5-3-4-6-8(7)2;1-2-4-6-5(3-1)7-6;1-2/h7-8H,3-6H2,1-2H3;5-6H,1-4H2;1-2H3. The van der Waals surface area contributed by atoms with Crippen LogP contribution in [0, 0.1) is 11.8 Å². The van der Waals surface area contributed by atoms with Gasteiger partial charge in [0.1, 0.15) is 0 Å². The number of hydrogen-bond acceptors (Lipinski definition) is 1. The van der Waals surface area contributed by atoms with E-state index in [-0.39, 0.29) is 0 Å². The van der Waals surface area contributed by atoms with Crippen LogP contribution in [0.2, 0.25) is 0 Å². The van der Waals surface area contributed by atoms with Crippen LogP contribution in [-0.4, -0.2) is 12.2 Å². The van der Waals surface area contributed by atoms with E-state index in [0.717, 1.165) is 11.8 Å². The maximum absolute atomic E-state index is 5.28. The van der Waals surface area contributed by atoms with Crippen LogP contribution < -0.4 is 0 Å². The molecule has 0 aromatic heterocycles. The van der Waals surface area contributed by atoms with Crippen molar-refractivity contribution in [2.75, 3.05) is 0 Å². The lowest BCUT2D eigenvalue weighted by Gasteiger charge is -2.24. The van der Waals surface area contributed by atoms with Crippen molar-refractivity contribution in [3.8, 4) is 0 Å². The highest BCUT2D eigenvalue weighted by Crippen LogP contribution is 2.35. The van der Waals surface area contributed by atoms with Crippen molar-refractivity contribution in [3.05, 3.63) is 0 Å². The molecule has 0 radical (unpaired) electrons. The van der Waals surface area contributed by atoms with Crippen LogP contribution in [0.25, 0.3) is 0 Å². The van der Waals surface area contributed by atoms with Gasteiger partial charge in [-0.3, -0.25) is 0 Å². The van der Waals surface area contributed by atoms with E-state index in [0.29, 0.717) is 12.2 Å². The molecule has 2 saturated carbocycles. The quantitative estimate of drug-likeness (QED) is 0.531. The van der Waals surface area contributed by atoms with Crippen LogP contribution in [0.3, 0.4) is 0 Å². The molecule has 1 heterocycles. The SMILES string of the molecule is C1CCC2OC2C1.CC.CC1CCCCC1C. The van der Waals surface area contributed by atoms with Gasteiger partial charge < -0.3 is 4.74 Å². The van der Waals surface area contributed by atoms with Gasteiger partial charge in [-0.05, 0) is 24.7 Å². The first-order valence-corrected chi connectivity index (χ1v) is 7.93. The lowest BCUT2D eigenvalue weighted by atomic mass is 9.82. The van der Waals surface area contributed by atoms with Gasteiger partial charge in [-0.25, -0.2) is 0 Å². The summed E-state index contributed by atoms with van der Waals surface area (Å²) in [6.07, 6.45) is 12.8. The van der Waals surface area contributed by atoms with E-state index in [2.05, 4.69) is 13.8 Å². The van der Waals surface area contributed by atoms with Crippen LogP contribution >= 0.6 is 0 Å². The molecule has 3 fully saturated rings. The van der Waals surface area contributed by atoms with Crippen molar-refractivity contribution in [3.63, 3.8) is 0 Å². The Morgan fingerprint density at radius 1 is 0.647 bits per heavy atom. The Balaban J connectivity index is 0.000000149. The summed E-state index contributed by atoms with van der Waals surface area (Å²) >= 11 is 0. The molecule has 2 aliphatic carbocycles. The third-order valence-electron chi connectivity index (χ3n) is 4.46. The molecular formula is C16H32O. The van der Waals surface area contributed by atoms with Gasteiger partial charge in [-0.1, -0.05) is 66.2 Å². The predicted molar refractivity (Wildman–Crippen MR) is 75.3 cm³/mol. The second kappa shape index (κ2) is 8.13. The van der Waals surface area contributed by atoms with Crippen LogP contribution in [0.15, 0.2) is 0 Å².